The number of nitrogens with zero attached hydrogens (tertiary/aromatic N) is 3. The highest BCUT2D eigenvalue weighted by Crippen LogP contribution is 2.14. The maximum absolute atomic E-state index is 4.22. The number of aryl methyl sites for hydroxylation is 2. The van der Waals surface area contributed by atoms with E-state index in [9.17, 15) is 0 Å². The lowest BCUT2D eigenvalue weighted by atomic mass is 10.3. The van der Waals surface area contributed by atoms with E-state index >= 15 is 0 Å². The van der Waals surface area contributed by atoms with Crippen LogP contribution in [0.1, 0.15) is 12.6 Å². The Hall–Kier alpha value is -1.38. The SMILES string of the molecule is CCn1ccc2c(C)ncnc21. The molecule has 0 amide bonds. The van der Waals surface area contributed by atoms with Gasteiger partial charge in [-0.3, -0.25) is 0 Å². The molecule has 3 heteroatoms. The van der Waals surface area contributed by atoms with Gasteiger partial charge in [0.1, 0.15) is 12.0 Å². The molecule has 0 saturated carbocycles. The topological polar surface area (TPSA) is 30.7 Å². The molecule has 0 fully saturated rings. The zero-order chi connectivity index (χ0) is 8.55. The Morgan fingerprint density at radius 2 is 2.25 bits per heavy atom. The second-order valence-corrected chi connectivity index (χ2v) is 2.80. The summed E-state index contributed by atoms with van der Waals surface area (Å²) < 4.78 is 2.12. The smallest absolute Gasteiger partial charge is 0.143 e. The molecule has 0 aliphatic carbocycles. The summed E-state index contributed by atoms with van der Waals surface area (Å²) in [6.45, 7) is 5.07. The van der Waals surface area contributed by atoms with Crippen LogP contribution in [0.2, 0.25) is 0 Å². The van der Waals surface area contributed by atoms with E-state index < -0.39 is 0 Å². The molecular weight excluding hydrogens is 150 g/mol. The van der Waals surface area contributed by atoms with Crippen LogP contribution in [0.25, 0.3) is 11.0 Å². The van der Waals surface area contributed by atoms with Gasteiger partial charge in [-0.05, 0) is 19.9 Å². The fraction of sp³-hybridized carbons (Fsp3) is 0.333. The van der Waals surface area contributed by atoms with Crippen LogP contribution in [0, 0.1) is 6.92 Å². The number of hydrogen-bond donors (Lipinski definition) is 0. The van der Waals surface area contributed by atoms with E-state index in [0.717, 1.165) is 23.3 Å². The van der Waals surface area contributed by atoms with Gasteiger partial charge in [0.25, 0.3) is 0 Å². The summed E-state index contributed by atoms with van der Waals surface area (Å²) in [6.07, 6.45) is 3.66. The van der Waals surface area contributed by atoms with Crippen LogP contribution in [-0.4, -0.2) is 14.5 Å². The standard InChI is InChI=1S/C9H11N3/c1-3-12-5-4-8-7(2)10-6-11-9(8)12/h4-6H,3H2,1-2H3. The summed E-state index contributed by atoms with van der Waals surface area (Å²) >= 11 is 0. The molecule has 12 heavy (non-hydrogen) atoms. The lowest BCUT2D eigenvalue weighted by molar-refractivity contribution is 0.786. The highest BCUT2D eigenvalue weighted by atomic mass is 15.0. The molecule has 0 saturated heterocycles. The van der Waals surface area contributed by atoms with E-state index in [1.54, 1.807) is 6.33 Å². The third-order valence-corrected chi connectivity index (χ3v) is 2.10. The first-order valence-corrected chi connectivity index (χ1v) is 4.09. The maximum atomic E-state index is 4.22. The Kier molecular flexibility index (Phi) is 1.57. The summed E-state index contributed by atoms with van der Waals surface area (Å²) in [4.78, 5) is 8.36. The molecule has 0 unspecified atom stereocenters. The van der Waals surface area contributed by atoms with E-state index in [2.05, 4.69) is 27.5 Å². The molecule has 0 aliphatic rings. The zero-order valence-corrected chi connectivity index (χ0v) is 7.28. The molecule has 0 N–H and O–H groups in total. The number of hydrogen-bond acceptors (Lipinski definition) is 2. The van der Waals surface area contributed by atoms with E-state index in [-0.39, 0.29) is 0 Å². The molecule has 0 radical (unpaired) electrons. The van der Waals surface area contributed by atoms with Crippen LogP contribution in [0.3, 0.4) is 0 Å². The monoisotopic (exact) mass is 161 g/mol. The quantitative estimate of drug-likeness (QED) is 0.638. The van der Waals surface area contributed by atoms with Gasteiger partial charge in [0, 0.05) is 18.1 Å². The van der Waals surface area contributed by atoms with Crippen molar-refractivity contribution in [3.63, 3.8) is 0 Å². The molecule has 0 aromatic carbocycles. The normalized spacial score (nSPS) is 10.8. The first-order chi connectivity index (χ1) is 5.83. The van der Waals surface area contributed by atoms with Gasteiger partial charge in [-0.1, -0.05) is 0 Å². The van der Waals surface area contributed by atoms with Crippen LogP contribution in [0.4, 0.5) is 0 Å². The summed E-state index contributed by atoms with van der Waals surface area (Å²) in [5.41, 5.74) is 2.08. The van der Waals surface area contributed by atoms with Gasteiger partial charge in [-0.2, -0.15) is 0 Å². The molecule has 2 aromatic heterocycles. The van der Waals surface area contributed by atoms with Crippen molar-refractivity contribution in [3.8, 4) is 0 Å². The van der Waals surface area contributed by atoms with Crippen molar-refractivity contribution < 1.29 is 0 Å². The van der Waals surface area contributed by atoms with Gasteiger partial charge in [-0.15, -0.1) is 0 Å². The average Bonchev–Trinajstić information content (AvgIpc) is 2.49. The molecule has 0 spiro atoms. The summed E-state index contributed by atoms with van der Waals surface area (Å²) in [5.74, 6) is 0. The largest absolute Gasteiger partial charge is 0.333 e. The summed E-state index contributed by atoms with van der Waals surface area (Å²) in [6, 6.07) is 2.06. The molecule has 2 aromatic rings. The molecular formula is C9H11N3. The van der Waals surface area contributed by atoms with Crippen molar-refractivity contribution in [2.24, 2.45) is 0 Å². The van der Waals surface area contributed by atoms with Crippen molar-refractivity contribution in [2.75, 3.05) is 0 Å². The average molecular weight is 161 g/mol. The van der Waals surface area contributed by atoms with Gasteiger partial charge in [0.2, 0.25) is 0 Å². The molecule has 62 valence electrons. The van der Waals surface area contributed by atoms with Crippen molar-refractivity contribution in [3.05, 3.63) is 24.3 Å². The fourth-order valence-electron chi connectivity index (χ4n) is 1.39. The third-order valence-electron chi connectivity index (χ3n) is 2.10. The number of fused-ring (bicyclic) bond motifs is 1. The molecule has 0 atom stereocenters. The predicted molar refractivity (Wildman–Crippen MR) is 47.9 cm³/mol. The Bertz CT molecular complexity index is 403. The molecule has 3 nitrogen and oxygen atoms in total. The predicted octanol–water partition coefficient (Wildman–Crippen LogP) is 1.76. The number of aromatic nitrogens is 3. The van der Waals surface area contributed by atoms with Crippen LogP contribution in [0.15, 0.2) is 18.6 Å². The van der Waals surface area contributed by atoms with E-state index in [1.807, 2.05) is 13.1 Å². The van der Waals surface area contributed by atoms with Crippen molar-refractivity contribution in [2.45, 2.75) is 20.4 Å². The summed E-state index contributed by atoms with van der Waals surface area (Å²) in [5, 5.41) is 1.15. The first kappa shape index (κ1) is 7.28. The van der Waals surface area contributed by atoms with Gasteiger partial charge in [-0.25, -0.2) is 9.97 Å². The van der Waals surface area contributed by atoms with E-state index in [1.165, 1.54) is 0 Å². The van der Waals surface area contributed by atoms with Crippen molar-refractivity contribution in [1.82, 2.24) is 14.5 Å². The second-order valence-electron chi connectivity index (χ2n) is 2.80. The highest BCUT2D eigenvalue weighted by molar-refractivity contribution is 5.78. The Labute approximate surface area is 71.1 Å². The van der Waals surface area contributed by atoms with Crippen LogP contribution < -0.4 is 0 Å². The molecule has 0 aliphatic heterocycles. The minimum Gasteiger partial charge on any atom is -0.333 e. The van der Waals surface area contributed by atoms with Crippen molar-refractivity contribution >= 4 is 11.0 Å². The molecule has 2 rings (SSSR count). The Morgan fingerprint density at radius 3 is 3.00 bits per heavy atom. The highest BCUT2D eigenvalue weighted by Gasteiger charge is 2.02. The van der Waals surface area contributed by atoms with Gasteiger partial charge in [0.15, 0.2) is 0 Å². The maximum Gasteiger partial charge on any atom is 0.143 e. The van der Waals surface area contributed by atoms with Crippen LogP contribution in [0.5, 0.6) is 0 Å². The van der Waals surface area contributed by atoms with Crippen molar-refractivity contribution in [1.29, 1.82) is 0 Å². The van der Waals surface area contributed by atoms with Crippen LogP contribution in [-0.2, 0) is 6.54 Å². The zero-order valence-electron chi connectivity index (χ0n) is 7.28. The van der Waals surface area contributed by atoms with Gasteiger partial charge in [0.05, 0.1) is 5.69 Å². The number of rotatable bonds is 1. The lowest BCUT2D eigenvalue weighted by Crippen LogP contribution is -1.94. The Morgan fingerprint density at radius 1 is 1.42 bits per heavy atom. The van der Waals surface area contributed by atoms with Crippen LogP contribution >= 0.6 is 0 Å². The van der Waals surface area contributed by atoms with E-state index in [0.29, 0.717) is 0 Å². The summed E-state index contributed by atoms with van der Waals surface area (Å²) in [7, 11) is 0. The van der Waals surface area contributed by atoms with E-state index in [4.69, 9.17) is 0 Å². The minimum atomic E-state index is 0.958. The Balaban J connectivity index is 2.80. The molecule has 2 heterocycles. The third kappa shape index (κ3) is 0.897. The fourth-order valence-corrected chi connectivity index (χ4v) is 1.39. The lowest BCUT2D eigenvalue weighted by Gasteiger charge is -1.98. The first-order valence-electron chi connectivity index (χ1n) is 4.09. The van der Waals surface area contributed by atoms with Gasteiger partial charge >= 0.3 is 0 Å². The minimum absolute atomic E-state index is 0.958. The second kappa shape index (κ2) is 2.59. The molecule has 0 bridgehead atoms. The van der Waals surface area contributed by atoms with Gasteiger partial charge < -0.3 is 4.57 Å².